The van der Waals surface area contributed by atoms with Gasteiger partial charge >= 0.3 is 0 Å². The highest BCUT2D eigenvalue weighted by atomic mass is 32.2. The molecule has 6 nitrogen and oxygen atoms in total. The molecule has 1 aliphatic carbocycles. The summed E-state index contributed by atoms with van der Waals surface area (Å²) in [6, 6.07) is 13.7. The Kier molecular flexibility index (Phi) is 6.97. The van der Waals surface area contributed by atoms with Crippen LogP contribution in [0.25, 0.3) is 0 Å². The second-order valence-electron chi connectivity index (χ2n) is 7.30. The third kappa shape index (κ3) is 5.00. The molecule has 0 heterocycles. The van der Waals surface area contributed by atoms with Crippen molar-refractivity contribution in [3.8, 4) is 0 Å². The lowest BCUT2D eigenvalue weighted by atomic mass is 9.95. The second kappa shape index (κ2) is 9.45. The van der Waals surface area contributed by atoms with E-state index in [1.165, 1.54) is 28.6 Å². The molecule has 0 spiro atoms. The summed E-state index contributed by atoms with van der Waals surface area (Å²) < 4.78 is 42.8. The minimum absolute atomic E-state index is 0.000372. The summed E-state index contributed by atoms with van der Waals surface area (Å²) in [6.07, 6.45) is 2.88. The van der Waals surface area contributed by atoms with Gasteiger partial charge < -0.3 is 0 Å². The van der Waals surface area contributed by atoms with Gasteiger partial charge in [-0.05, 0) is 30.9 Å². The molecule has 29 heavy (non-hydrogen) atoms. The van der Waals surface area contributed by atoms with E-state index in [2.05, 4.69) is 0 Å². The highest BCUT2D eigenvalue weighted by Crippen LogP contribution is 2.33. The van der Waals surface area contributed by atoms with E-state index >= 15 is 0 Å². The van der Waals surface area contributed by atoms with Gasteiger partial charge in [-0.3, -0.25) is 10.1 Å². The highest BCUT2D eigenvalue weighted by molar-refractivity contribution is 7.89. The Morgan fingerprint density at radius 1 is 1.03 bits per heavy atom. The molecule has 0 unspecified atom stereocenters. The highest BCUT2D eigenvalue weighted by Gasteiger charge is 2.36. The Hall–Kier alpha value is -2.32. The van der Waals surface area contributed by atoms with E-state index in [1.807, 2.05) is 0 Å². The van der Waals surface area contributed by atoms with Crippen LogP contribution in [0, 0.1) is 10.1 Å². The van der Waals surface area contributed by atoms with Crippen molar-refractivity contribution < 1.29 is 17.7 Å². The van der Waals surface area contributed by atoms with Crippen LogP contribution in [0.1, 0.15) is 50.3 Å². The molecule has 156 valence electrons. The number of alkyl halides is 1. The van der Waals surface area contributed by atoms with Crippen LogP contribution in [0.3, 0.4) is 0 Å². The van der Waals surface area contributed by atoms with Gasteiger partial charge in [-0.25, -0.2) is 12.8 Å². The van der Waals surface area contributed by atoms with E-state index in [-0.39, 0.29) is 23.9 Å². The number of nitro benzene ring substituents is 1. The van der Waals surface area contributed by atoms with Gasteiger partial charge in [0.1, 0.15) is 6.17 Å². The first kappa shape index (κ1) is 21.4. The molecule has 0 N–H and O–H groups in total. The van der Waals surface area contributed by atoms with Gasteiger partial charge in [0.15, 0.2) is 4.90 Å². The molecule has 1 aliphatic rings. The van der Waals surface area contributed by atoms with Crippen LogP contribution in [0.5, 0.6) is 0 Å². The minimum Gasteiger partial charge on any atom is -0.258 e. The molecule has 0 saturated heterocycles. The van der Waals surface area contributed by atoms with Crippen LogP contribution < -0.4 is 0 Å². The minimum atomic E-state index is -4.13. The van der Waals surface area contributed by atoms with Crippen molar-refractivity contribution in [1.29, 1.82) is 0 Å². The first-order valence-corrected chi connectivity index (χ1v) is 11.3. The van der Waals surface area contributed by atoms with Gasteiger partial charge in [-0.2, -0.15) is 4.31 Å². The molecule has 1 saturated carbocycles. The van der Waals surface area contributed by atoms with Crippen LogP contribution in [-0.2, 0) is 10.0 Å². The molecular weight excluding hydrogens is 395 g/mol. The molecule has 0 aliphatic heterocycles. The van der Waals surface area contributed by atoms with E-state index in [0.717, 1.165) is 19.3 Å². The van der Waals surface area contributed by atoms with Gasteiger partial charge in [0.2, 0.25) is 10.0 Å². The van der Waals surface area contributed by atoms with Crippen LogP contribution in [-0.4, -0.2) is 30.2 Å². The SMILES string of the molecule is O=[N+]([O-])c1ccccc1S(=O)(=O)N(CC[C@@H](F)c1ccccc1)C1CCCCC1. The first-order chi connectivity index (χ1) is 13.9. The fourth-order valence-corrected chi connectivity index (χ4v) is 5.75. The van der Waals surface area contributed by atoms with Gasteiger partial charge in [0.25, 0.3) is 5.69 Å². The number of para-hydroxylation sites is 1. The van der Waals surface area contributed by atoms with Crippen LogP contribution in [0.2, 0.25) is 0 Å². The summed E-state index contributed by atoms with van der Waals surface area (Å²) in [6.45, 7) is -0.0187. The quantitative estimate of drug-likeness (QED) is 0.444. The third-order valence-corrected chi connectivity index (χ3v) is 7.39. The molecule has 0 radical (unpaired) electrons. The fourth-order valence-electron chi connectivity index (χ4n) is 3.89. The van der Waals surface area contributed by atoms with Gasteiger partial charge in [-0.1, -0.05) is 61.7 Å². The Balaban J connectivity index is 1.90. The molecule has 3 rings (SSSR count). The smallest absolute Gasteiger partial charge is 0.258 e. The van der Waals surface area contributed by atoms with Crippen LogP contribution >= 0.6 is 0 Å². The lowest BCUT2D eigenvalue weighted by Crippen LogP contribution is -2.42. The number of nitrogens with zero attached hydrogens (tertiary/aromatic N) is 2. The number of rotatable bonds is 8. The maximum Gasteiger partial charge on any atom is 0.289 e. The Bertz CT molecular complexity index is 931. The van der Waals surface area contributed by atoms with E-state index in [1.54, 1.807) is 30.3 Å². The first-order valence-electron chi connectivity index (χ1n) is 9.85. The summed E-state index contributed by atoms with van der Waals surface area (Å²) in [7, 11) is -4.13. The van der Waals surface area contributed by atoms with E-state index in [0.29, 0.717) is 18.4 Å². The Labute approximate surface area is 170 Å². The second-order valence-corrected chi connectivity index (χ2v) is 9.16. The van der Waals surface area contributed by atoms with Crippen molar-refractivity contribution in [3.63, 3.8) is 0 Å². The van der Waals surface area contributed by atoms with Crippen molar-refractivity contribution in [3.05, 3.63) is 70.3 Å². The molecule has 0 bridgehead atoms. The van der Waals surface area contributed by atoms with Crippen molar-refractivity contribution in [2.24, 2.45) is 0 Å². The van der Waals surface area contributed by atoms with Crippen LogP contribution in [0.4, 0.5) is 10.1 Å². The lowest BCUT2D eigenvalue weighted by molar-refractivity contribution is -0.387. The van der Waals surface area contributed by atoms with E-state index in [4.69, 9.17) is 0 Å². The average molecular weight is 421 g/mol. The Morgan fingerprint density at radius 3 is 2.31 bits per heavy atom. The topological polar surface area (TPSA) is 80.5 Å². The summed E-state index contributed by atoms with van der Waals surface area (Å²) >= 11 is 0. The molecule has 0 amide bonds. The summed E-state index contributed by atoms with van der Waals surface area (Å²) in [5, 5.41) is 11.4. The predicted molar refractivity (Wildman–Crippen MR) is 109 cm³/mol. The number of hydrogen-bond donors (Lipinski definition) is 0. The molecule has 1 fully saturated rings. The Morgan fingerprint density at radius 2 is 1.66 bits per heavy atom. The van der Waals surface area contributed by atoms with Gasteiger partial charge in [-0.15, -0.1) is 0 Å². The van der Waals surface area contributed by atoms with E-state index < -0.39 is 26.8 Å². The number of halogens is 1. The monoisotopic (exact) mass is 420 g/mol. The summed E-state index contributed by atoms with van der Waals surface area (Å²) in [5.41, 5.74) is 0.0485. The molecule has 8 heteroatoms. The molecular formula is C21H25FN2O4S. The van der Waals surface area contributed by atoms with Crippen LogP contribution in [0.15, 0.2) is 59.5 Å². The standard InChI is InChI=1S/C21H25FN2O4S/c22-19(17-9-3-1-4-10-17)15-16-23(18-11-5-2-6-12-18)29(27,28)21-14-8-7-13-20(21)24(25)26/h1,3-4,7-10,13-14,18-19H,2,5-6,11-12,15-16H2/t19-/m1/s1. The summed E-state index contributed by atoms with van der Waals surface area (Å²) in [5.74, 6) is 0. The fraction of sp³-hybridized carbons (Fsp3) is 0.429. The molecule has 0 aromatic heterocycles. The third-order valence-electron chi connectivity index (χ3n) is 5.39. The maximum atomic E-state index is 14.7. The average Bonchev–Trinajstić information content (AvgIpc) is 2.75. The zero-order valence-corrected chi connectivity index (χ0v) is 16.9. The zero-order valence-electron chi connectivity index (χ0n) is 16.1. The van der Waals surface area contributed by atoms with Crippen molar-refractivity contribution in [2.45, 2.75) is 55.6 Å². The number of benzene rings is 2. The zero-order chi connectivity index (χ0) is 20.9. The van der Waals surface area contributed by atoms with Crippen molar-refractivity contribution in [2.75, 3.05) is 6.54 Å². The number of nitro groups is 1. The lowest BCUT2D eigenvalue weighted by Gasteiger charge is -2.33. The largest absolute Gasteiger partial charge is 0.289 e. The van der Waals surface area contributed by atoms with E-state index in [9.17, 15) is 22.9 Å². The summed E-state index contributed by atoms with van der Waals surface area (Å²) in [4.78, 5) is 10.4. The normalized spacial score (nSPS) is 16.6. The maximum absolute atomic E-state index is 14.7. The van der Waals surface area contributed by atoms with Gasteiger partial charge in [0.05, 0.1) is 4.92 Å². The number of sulfonamides is 1. The molecule has 1 atom stereocenters. The molecule has 2 aromatic rings. The number of hydrogen-bond acceptors (Lipinski definition) is 4. The van der Waals surface area contributed by atoms with Crippen molar-refractivity contribution in [1.82, 2.24) is 4.31 Å². The van der Waals surface area contributed by atoms with Crippen molar-refractivity contribution >= 4 is 15.7 Å². The molecule has 2 aromatic carbocycles. The van der Waals surface area contributed by atoms with Gasteiger partial charge in [0, 0.05) is 18.7 Å². The predicted octanol–water partition coefficient (Wildman–Crippen LogP) is 5.02.